The maximum atomic E-state index is 11.7. The van der Waals surface area contributed by atoms with Crippen LogP contribution in [0.25, 0.3) is 0 Å². The molecular formula is C10H11F3O4S. The van der Waals surface area contributed by atoms with Crippen LogP contribution < -0.4 is 4.74 Å². The number of hydrogen-bond acceptors (Lipinski definition) is 4. The number of carboxylic acid groups (broad SMARTS) is 1. The predicted molar refractivity (Wildman–Crippen MR) is 58.3 cm³/mol. The van der Waals surface area contributed by atoms with Crippen molar-refractivity contribution in [2.45, 2.75) is 12.6 Å². The molecule has 0 unspecified atom stereocenters. The molecule has 0 atom stereocenters. The van der Waals surface area contributed by atoms with Crippen LogP contribution in [0.3, 0.4) is 0 Å². The van der Waals surface area contributed by atoms with Crippen LogP contribution >= 0.6 is 11.3 Å². The summed E-state index contributed by atoms with van der Waals surface area (Å²) >= 11 is 1.02. The van der Waals surface area contributed by atoms with Gasteiger partial charge in [0, 0.05) is 6.42 Å². The first kappa shape index (κ1) is 14.8. The predicted octanol–water partition coefficient (Wildman–Crippen LogP) is 2.79. The molecule has 1 aromatic rings. The van der Waals surface area contributed by atoms with Gasteiger partial charge in [-0.15, -0.1) is 11.3 Å². The van der Waals surface area contributed by atoms with Crippen molar-refractivity contribution in [3.63, 3.8) is 0 Å². The molecule has 0 fully saturated rings. The summed E-state index contributed by atoms with van der Waals surface area (Å²) in [6.45, 7) is -1.27. The lowest BCUT2D eigenvalue weighted by atomic mass is 10.4. The highest BCUT2D eigenvalue weighted by Crippen LogP contribution is 2.24. The Morgan fingerprint density at radius 3 is 2.72 bits per heavy atom. The summed E-state index contributed by atoms with van der Waals surface area (Å²) in [4.78, 5) is 10.8. The summed E-state index contributed by atoms with van der Waals surface area (Å²) in [5.74, 6) is -0.864. The van der Waals surface area contributed by atoms with Crippen molar-refractivity contribution in [1.29, 1.82) is 0 Å². The third-order valence-electron chi connectivity index (χ3n) is 1.78. The van der Waals surface area contributed by atoms with Crippen molar-refractivity contribution < 1.29 is 32.5 Å². The van der Waals surface area contributed by atoms with Crippen LogP contribution in [0.4, 0.5) is 13.2 Å². The number of rotatable bonds is 7. The summed E-state index contributed by atoms with van der Waals surface area (Å²) < 4.78 is 44.6. The van der Waals surface area contributed by atoms with E-state index in [1.807, 2.05) is 0 Å². The second-order valence-electron chi connectivity index (χ2n) is 3.29. The van der Waals surface area contributed by atoms with Crippen LogP contribution in [-0.4, -0.2) is 37.1 Å². The van der Waals surface area contributed by atoms with Gasteiger partial charge in [0.25, 0.3) is 0 Å². The molecule has 18 heavy (non-hydrogen) atoms. The van der Waals surface area contributed by atoms with E-state index >= 15 is 0 Å². The highest BCUT2D eigenvalue weighted by atomic mass is 32.1. The van der Waals surface area contributed by atoms with E-state index in [1.54, 1.807) is 5.38 Å². The molecule has 4 nitrogen and oxygen atoms in total. The molecule has 1 heterocycles. The summed E-state index contributed by atoms with van der Waals surface area (Å²) in [7, 11) is 0. The average Bonchev–Trinajstić information content (AvgIpc) is 2.69. The fourth-order valence-electron chi connectivity index (χ4n) is 1.10. The summed E-state index contributed by atoms with van der Waals surface area (Å²) in [6, 6.07) is 1.50. The number of ether oxygens (including phenoxy) is 2. The first-order valence-electron chi connectivity index (χ1n) is 4.98. The van der Waals surface area contributed by atoms with Crippen LogP contribution in [0, 0.1) is 0 Å². The van der Waals surface area contributed by atoms with Gasteiger partial charge in [-0.3, -0.25) is 0 Å². The molecule has 0 aliphatic heterocycles. The number of carboxylic acids is 1. The Morgan fingerprint density at radius 2 is 2.11 bits per heavy atom. The van der Waals surface area contributed by atoms with Gasteiger partial charge in [0.2, 0.25) is 0 Å². The highest BCUT2D eigenvalue weighted by Gasteiger charge is 2.27. The zero-order chi connectivity index (χ0) is 13.6. The normalized spacial score (nSPS) is 11.5. The fourth-order valence-corrected chi connectivity index (χ4v) is 1.77. The van der Waals surface area contributed by atoms with Crippen molar-refractivity contribution in [1.82, 2.24) is 0 Å². The van der Waals surface area contributed by atoms with Crippen LogP contribution in [0.15, 0.2) is 11.4 Å². The molecule has 0 saturated carbocycles. The minimum absolute atomic E-state index is 0.0752. The van der Waals surface area contributed by atoms with Gasteiger partial charge in [-0.1, -0.05) is 0 Å². The highest BCUT2D eigenvalue weighted by molar-refractivity contribution is 7.12. The summed E-state index contributed by atoms with van der Waals surface area (Å²) in [5.41, 5.74) is 0. The monoisotopic (exact) mass is 284 g/mol. The molecular weight excluding hydrogens is 273 g/mol. The molecule has 0 radical (unpaired) electrons. The Labute approximate surface area is 105 Å². The summed E-state index contributed by atoms with van der Waals surface area (Å²) in [6.07, 6.45) is -4.07. The van der Waals surface area contributed by atoms with Crippen LogP contribution in [0.5, 0.6) is 5.75 Å². The lowest BCUT2D eigenvalue weighted by molar-refractivity contribution is -0.174. The van der Waals surface area contributed by atoms with Gasteiger partial charge in [0.05, 0.1) is 13.2 Å². The van der Waals surface area contributed by atoms with E-state index in [0.717, 1.165) is 11.3 Å². The van der Waals surface area contributed by atoms with E-state index in [1.165, 1.54) is 6.07 Å². The molecule has 0 aromatic carbocycles. The topological polar surface area (TPSA) is 55.8 Å². The quantitative estimate of drug-likeness (QED) is 0.782. The Morgan fingerprint density at radius 1 is 1.39 bits per heavy atom. The van der Waals surface area contributed by atoms with Crippen molar-refractivity contribution in [2.24, 2.45) is 0 Å². The molecule has 0 saturated heterocycles. The van der Waals surface area contributed by atoms with Gasteiger partial charge in [-0.25, -0.2) is 4.79 Å². The number of aromatic carboxylic acids is 1. The first-order valence-corrected chi connectivity index (χ1v) is 5.86. The molecule has 8 heteroatoms. The second-order valence-corrected chi connectivity index (χ2v) is 4.21. The Kier molecular flexibility index (Phi) is 5.42. The molecule has 102 valence electrons. The number of hydrogen-bond donors (Lipinski definition) is 1. The van der Waals surface area contributed by atoms with E-state index in [0.29, 0.717) is 0 Å². The van der Waals surface area contributed by atoms with Gasteiger partial charge in [0.15, 0.2) is 4.88 Å². The Balaban J connectivity index is 2.18. The zero-order valence-corrected chi connectivity index (χ0v) is 10.0. The molecule has 0 aliphatic rings. The van der Waals surface area contributed by atoms with Crippen molar-refractivity contribution in [3.8, 4) is 5.75 Å². The number of halogens is 3. The van der Waals surface area contributed by atoms with Crippen molar-refractivity contribution >= 4 is 17.3 Å². The number of thiophene rings is 1. The fraction of sp³-hybridized carbons (Fsp3) is 0.500. The first-order chi connectivity index (χ1) is 8.40. The van der Waals surface area contributed by atoms with Gasteiger partial charge >= 0.3 is 12.1 Å². The van der Waals surface area contributed by atoms with E-state index in [2.05, 4.69) is 4.74 Å². The van der Waals surface area contributed by atoms with Gasteiger partial charge in [-0.2, -0.15) is 13.2 Å². The SMILES string of the molecule is O=C(O)c1sccc1OCCCOCC(F)(F)F. The van der Waals surface area contributed by atoms with Gasteiger partial charge in [-0.05, 0) is 11.4 Å². The molecule has 0 spiro atoms. The Bertz CT molecular complexity index is 389. The Hall–Kier alpha value is -1.28. The molecule has 0 amide bonds. The smallest absolute Gasteiger partial charge is 0.411 e. The lowest BCUT2D eigenvalue weighted by Crippen LogP contribution is -2.18. The molecule has 0 aliphatic carbocycles. The van der Waals surface area contributed by atoms with Crippen molar-refractivity contribution in [3.05, 3.63) is 16.3 Å². The second kappa shape index (κ2) is 6.60. The van der Waals surface area contributed by atoms with E-state index in [-0.39, 0.29) is 30.3 Å². The number of alkyl halides is 3. The van der Waals surface area contributed by atoms with Gasteiger partial charge in [0.1, 0.15) is 12.4 Å². The van der Waals surface area contributed by atoms with Gasteiger partial charge < -0.3 is 14.6 Å². The van der Waals surface area contributed by atoms with Crippen LogP contribution in [-0.2, 0) is 4.74 Å². The third-order valence-corrected chi connectivity index (χ3v) is 2.66. The largest absolute Gasteiger partial charge is 0.492 e. The maximum absolute atomic E-state index is 11.7. The average molecular weight is 284 g/mol. The van der Waals surface area contributed by atoms with Crippen molar-refractivity contribution in [2.75, 3.05) is 19.8 Å². The van der Waals surface area contributed by atoms with Crippen LogP contribution in [0.2, 0.25) is 0 Å². The minimum Gasteiger partial charge on any atom is -0.492 e. The third kappa shape index (κ3) is 5.37. The molecule has 1 N–H and O–H groups in total. The molecule has 1 rings (SSSR count). The van der Waals surface area contributed by atoms with Crippen LogP contribution in [0.1, 0.15) is 16.1 Å². The van der Waals surface area contributed by atoms with E-state index < -0.39 is 18.8 Å². The zero-order valence-electron chi connectivity index (χ0n) is 9.20. The van der Waals surface area contributed by atoms with E-state index in [4.69, 9.17) is 9.84 Å². The van der Waals surface area contributed by atoms with E-state index in [9.17, 15) is 18.0 Å². The maximum Gasteiger partial charge on any atom is 0.411 e. The molecule has 0 bridgehead atoms. The lowest BCUT2D eigenvalue weighted by Gasteiger charge is -2.08. The molecule has 1 aromatic heterocycles. The minimum atomic E-state index is -4.33. The summed E-state index contributed by atoms with van der Waals surface area (Å²) in [5, 5.41) is 10.3. The standard InChI is InChI=1S/C10H11F3O4S/c11-10(12,13)6-16-3-1-4-17-7-2-5-18-8(7)9(14)15/h2,5H,1,3-4,6H2,(H,14,15). The number of carbonyl (C=O) groups is 1.